The molecule has 0 aliphatic carbocycles. The van der Waals surface area contributed by atoms with Gasteiger partial charge in [-0.05, 0) is 18.4 Å². The number of hydrogen-bond acceptors (Lipinski definition) is 4. The van der Waals surface area contributed by atoms with Crippen LogP contribution in [0.5, 0.6) is 0 Å². The fourth-order valence-corrected chi connectivity index (χ4v) is 1.89. The molecule has 1 aliphatic heterocycles. The molecule has 0 saturated carbocycles. The van der Waals surface area contributed by atoms with Crippen molar-refractivity contribution in [2.75, 3.05) is 26.3 Å². The lowest BCUT2D eigenvalue weighted by Gasteiger charge is -2.13. The van der Waals surface area contributed by atoms with E-state index in [4.69, 9.17) is 4.74 Å². The average Bonchev–Trinajstić information content (AvgIpc) is 2.90. The molecule has 5 nitrogen and oxygen atoms in total. The molecule has 2 heterocycles. The summed E-state index contributed by atoms with van der Waals surface area (Å²) in [5.74, 6) is 0.608. The van der Waals surface area contributed by atoms with Crippen LogP contribution in [0, 0.1) is 5.92 Å². The van der Waals surface area contributed by atoms with Crippen LogP contribution in [0.2, 0.25) is 0 Å². The van der Waals surface area contributed by atoms with Crippen molar-refractivity contribution < 1.29 is 9.84 Å². The number of aliphatic hydroxyl groups is 1. The van der Waals surface area contributed by atoms with Crippen LogP contribution in [-0.4, -0.2) is 47.3 Å². The largest absolute Gasteiger partial charge is 0.390 e. The Morgan fingerprint density at radius 1 is 1.62 bits per heavy atom. The van der Waals surface area contributed by atoms with E-state index in [1.807, 2.05) is 12.3 Å². The Bertz CT molecular complexity index is 283. The van der Waals surface area contributed by atoms with Crippen LogP contribution < -0.4 is 5.32 Å². The third-order valence-corrected chi connectivity index (χ3v) is 2.79. The third-order valence-electron chi connectivity index (χ3n) is 2.79. The molecule has 1 aromatic heterocycles. The minimum Gasteiger partial charge on any atom is -0.390 e. The van der Waals surface area contributed by atoms with Gasteiger partial charge in [-0.25, -0.2) is 0 Å². The first kappa shape index (κ1) is 11.6. The lowest BCUT2D eigenvalue weighted by atomic mass is 10.1. The molecular weight excluding hydrogens is 206 g/mol. The second-order valence-corrected chi connectivity index (χ2v) is 4.27. The zero-order chi connectivity index (χ0) is 11.2. The maximum atomic E-state index is 9.74. The second kappa shape index (κ2) is 5.98. The first-order chi connectivity index (χ1) is 7.84. The summed E-state index contributed by atoms with van der Waals surface area (Å²) in [6.45, 7) is 3.80. The third kappa shape index (κ3) is 3.59. The van der Waals surface area contributed by atoms with E-state index in [9.17, 15) is 5.11 Å². The van der Waals surface area contributed by atoms with Crippen LogP contribution >= 0.6 is 0 Å². The molecule has 2 N–H and O–H groups in total. The first-order valence-corrected chi connectivity index (χ1v) is 5.78. The average molecular weight is 225 g/mol. The highest BCUT2D eigenvalue weighted by atomic mass is 16.5. The van der Waals surface area contributed by atoms with Crippen molar-refractivity contribution in [2.24, 2.45) is 5.92 Å². The van der Waals surface area contributed by atoms with Crippen LogP contribution in [0.15, 0.2) is 18.5 Å². The smallest absolute Gasteiger partial charge is 0.0860 e. The van der Waals surface area contributed by atoms with Gasteiger partial charge in [-0.15, -0.1) is 0 Å². The van der Waals surface area contributed by atoms with Crippen LogP contribution in [0.4, 0.5) is 0 Å². The SMILES string of the molecule is OC(CNCC1CCOC1)Cn1cccn1. The molecule has 0 bridgehead atoms. The molecule has 2 unspecified atom stereocenters. The van der Waals surface area contributed by atoms with Crippen molar-refractivity contribution in [3.8, 4) is 0 Å². The predicted octanol–water partition coefficient (Wildman–Crippen LogP) is -0.130. The Morgan fingerprint density at radius 2 is 2.56 bits per heavy atom. The molecule has 1 aliphatic rings. The van der Waals surface area contributed by atoms with E-state index in [0.717, 1.165) is 26.2 Å². The summed E-state index contributed by atoms with van der Waals surface area (Å²) in [5.41, 5.74) is 0. The summed E-state index contributed by atoms with van der Waals surface area (Å²) < 4.78 is 7.02. The van der Waals surface area contributed by atoms with E-state index in [1.165, 1.54) is 0 Å². The van der Waals surface area contributed by atoms with Gasteiger partial charge in [0.15, 0.2) is 0 Å². The standard InChI is InChI=1S/C11H19N3O2/c15-11(8-14-4-1-3-13-14)7-12-6-10-2-5-16-9-10/h1,3-4,10-12,15H,2,5-9H2. The van der Waals surface area contributed by atoms with Crippen molar-refractivity contribution >= 4 is 0 Å². The van der Waals surface area contributed by atoms with Gasteiger partial charge in [-0.3, -0.25) is 4.68 Å². The van der Waals surface area contributed by atoms with Gasteiger partial charge in [0.05, 0.1) is 19.3 Å². The summed E-state index contributed by atoms with van der Waals surface area (Å²) in [6, 6.07) is 1.86. The molecule has 2 rings (SSSR count). The normalized spacial score (nSPS) is 22.4. The van der Waals surface area contributed by atoms with Gasteiger partial charge in [-0.2, -0.15) is 5.10 Å². The molecule has 5 heteroatoms. The van der Waals surface area contributed by atoms with E-state index in [2.05, 4.69) is 10.4 Å². The van der Waals surface area contributed by atoms with E-state index >= 15 is 0 Å². The molecule has 16 heavy (non-hydrogen) atoms. The maximum Gasteiger partial charge on any atom is 0.0860 e. The molecule has 0 radical (unpaired) electrons. The number of ether oxygens (including phenoxy) is 1. The molecular formula is C11H19N3O2. The topological polar surface area (TPSA) is 59.3 Å². The molecule has 90 valence electrons. The van der Waals surface area contributed by atoms with Crippen molar-refractivity contribution in [1.82, 2.24) is 15.1 Å². The van der Waals surface area contributed by atoms with Crippen LogP contribution in [0.25, 0.3) is 0 Å². The summed E-state index contributed by atoms with van der Waals surface area (Å²) in [5, 5.41) is 17.1. The van der Waals surface area contributed by atoms with E-state index in [1.54, 1.807) is 10.9 Å². The first-order valence-electron chi connectivity index (χ1n) is 5.78. The van der Waals surface area contributed by atoms with Gasteiger partial charge in [-0.1, -0.05) is 0 Å². The van der Waals surface area contributed by atoms with Crippen LogP contribution in [0.1, 0.15) is 6.42 Å². The summed E-state index contributed by atoms with van der Waals surface area (Å²) in [6.07, 6.45) is 4.31. The number of nitrogens with zero attached hydrogens (tertiary/aromatic N) is 2. The maximum absolute atomic E-state index is 9.74. The predicted molar refractivity (Wildman–Crippen MR) is 60.0 cm³/mol. The minimum atomic E-state index is -0.387. The molecule has 0 aromatic carbocycles. The molecule has 0 amide bonds. The van der Waals surface area contributed by atoms with Gasteiger partial charge < -0.3 is 15.2 Å². The Kier molecular flexibility index (Phi) is 4.33. The zero-order valence-corrected chi connectivity index (χ0v) is 9.38. The van der Waals surface area contributed by atoms with Crippen molar-refractivity contribution in [3.63, 3.8) is 0 Å². The Balaban J connectivity index is 1.58. The van der Waals surface area contributed by atoms with Gasteiger partial charge in [0.1, 0.15) is 0 Å². The van der Waals surface area contributed by atoms with E-state index in [0.29, 0.717) is 19.0 Å². The van der Waals surface area contributed by atoms with Crippen molar-refractivity contribution in [3.05, 3.63) is 18.5 Å². The van der Waals surface area contributed by atoms with Gasteiger partial charge in [0.25, 0.3) is 0 Å². The number of hydrogen-bond donors (Lipinski definition) is 2. The van der Waals surface area contributed by atoms with Crippen molar-refractivity contribution in [2.45, 2.75) is 19.1 Å². The molecule has 2 atom stereocenters. The monoisotopic (exact) mass is 225 g/mol. The summed E-state index contributed by atoms with van der Waals surface area (Å²) in [7, 11) is 0. The van der Waals surface area contributed by atoms with E-state index in [-0.39, 0.29) is 6.10 Å². The number of nitrogens with one attached hydrogen (secondary N) is 1. The van der Waals surface area contributed by atoms with Gasteiger partial charge in [0, 0.05) is 32.1 Å². The second-order valence-electron chi connectivity index (χ2n) is 4.27. The number of rotatable bonds is 6. The molecule has 1 fully saturated rings. The fraction of sp³-hybridized carbons (Fsp3) is 0.727. The Labute approximate surface area is 95.4 Å². The Morgan fingerprint density at radius 3 is 3.25 bits per heavy atom. The summed E-state index contributed by atoms with van der Waals surface area (Å²) >= 11 is 0. The lowest BCUT2D eigenvalue weighted by Crippen LogP contribution is -2.33. The quantitative estimate of drug-likeness (QED) is 0.708. The number of aliphatic hydroxyl groups excluding tert-OH is 1. The molecule has 0 spiro atoms. The highest BCUT2D eigenvalue weighted by Gasteiger charge is 2.15. The van der Waals surface area contributed by atoms with Gasteiger partial charge in [0.2, 0.25) is 0 Å². The van der Waals surface area contributed by atoms with Gasteiger partial charge >= 0.3 is 0 Å². The summed E-state index contributed by atoms with van der Waals surface area (Å²) in [4.78, 5) is 0. The Hall–Kier alpha value is -0.910. The van der Waals surface area contributed by atoms with Crippen molar-refractivity contribution in [1.29, 1.82) is 0 Å². The molecule has 1 aromatic rings. The van der Waals surface area contributed by atoms with Crippen LogP contribution in [0.3, 0.4) is 0 Å². The van der Waals surface area contributed by atoms with Crippen LogP contribution in [-0.2, 0) is 11.3 Å². The highest BCUT2D eigenvalue weighted by Crippen LogP contribution is 2.10. The zero-order valence-electron chi connectivity index (χ0n) is 9.38. The molecule has 1 saturated heterocycles. The lowest BCUT2D eigenvalue weighted by molar-refractivity contribution is 0.143. The number of aromatic nitrogens is 2. The fourth-order valence-electron chi connectivity index (χ4n) is 1.89. The minimum absolute atomic E-state index is 0.387. The highest BCUT2D eigenvalue weighted by molar-refractivity contribution is 4.79. The van der Waals surface area contributed by atoms with E-state index < -0.39 is 0 Å².